The zero-order valence-corrected chi connectivity index (χ0v) is 18.5. The van der Waals surface area contributed by atoms with Gasteiger partial charge in [-0.05, 0) is 56.7 Å². The fourth-order valence-corrected chi connectivity index (χ4v) is 3.65. The summed E-state index contributed by atoms with van der Waals surface area (Å²) in [6.45, 7) is 5.04. The highest BCUT2D eigenvalue weighted by molar-refractivity contribution is 6.34. The summed E-state index contributed by atoms with van der Waals surface area (Å²) in [5.74, 6) is -0.115. The molecule has 0 bridgehead atoms. The number of halogens is 2. The number of aliphatic hydroxyl groups is 1. The Morgan fingerprint density at radius 1 is 1.00 bits per heavy atom. The van der Waals surface area contributed by atoms with Gasteiger partial charge in [-0.25, -0.2) is 14.4 Å². The Labute approximate surface area is 189 Å². The van der Waals surface area contributed by atoms with Crippen LogP contribution in [0.5, 0.6) is 5.75 Å². The SMILES string of the molecule is C[C@@H](Nc1c(Cl)cnc2ccc(-c3cnc(C(C)(C)O)nc3)cc12)c1cc(O)ccc1F. The average molecular weight is 453 g/mol. The smallest absolute Gasteiger partial charge is 0.159 e. The molecule has 0 aliphatic heterocycles. The number of pyridine rings is 1. The number of benzene rings is 2. The van der Waals surface area contributed by atoms with Crippen LogP contribution in [0.3, 0.4) is 0 Å². The van der Waals surface area contributed by atoms with Gasteiger partial charge < -0.3 is 15.5 Å². The van der Waals surface area contributed by atoms with Crippen molar-refractivity contribution in [1.29, 1.82) is 0 Å². The number of anilines is 1. The van der Waals surface area contributed by atoms with Crippen molar-refractivity contribution in [3.8, 4) is 16.9 Å². The van der Waals surface area contributed by atoms with E-state index in [-0.39, 0.29) is 5.75 Å². The number of aromatic hydroxyl groups is 1. The van der Waals surface area contributed by atoms with Gasteiger partial charge in [-0.3, -0.25) is 4.98 Å². The van der Waals surface area contributed by atoms with Gasteiger partial charge in [0.05, 0.1) is 22.3 Å². The lowest BCUT2D eigenvalue weighted by molar-refractivity contribution is 0.0687. The van der Waals surface area contributed by atoms with Crippen molar-refractivity contribution in [1.82, 2.24) is 15.0 Å². The van der Waals surface area contributed by atoms with Crippen molar-refractivity contribution in [3.63, 3.8) is 0 Å². The third kappa shape index (κ3) is 4.35. The fraction of sp³-hybridized carbons (Fsp3) is 0.208. The van der Waals surface area contributed by atoms with E-state index >= 15 is 0 Å². The van der Waals surface area contributed by atoms with Gasteiger partial charge in [0.2, 0.25) is 0 Å². The van der Waals surface area contributed by atoms with Gasteiger partial charge in [0, 0.05) is 35.1 Å². The minimum Gasteiger partial charge on any atom is -0.508 e. The van der Waals surface area contributed by atoms with Crippen LogP contribution in [0.15, 0.2) is 55.0 Å². The van der Waals surface area contributed by atoms with Gasteiger partial charge in [0.15, 0.2) is 5.82 Å². The Bertz CT molecular complexity index is 1290. The number of fused-ring (bicyclic) bond motifs is 1. The molecule has 1 atom stereocenters. The van der Waals surface area contributed by atoms with Crippen LogP contribution in [-0.2, 0) is 5.60 Å². The molecule has 0 spiro atoms. The molecule has 6 nitrogen and oxygen atoms in total. The number of phenolic OH excluding ortho intramolecular Hbond substituents is 1. The van der Waals surface area contributed by atoms with Crippen LogP contribution >= 0.6 is 11.6 Å². The molecular weight excluding hydrogens is 431 g/mol. The first kappa shape index (κ1) is 21.9. The molecule has 2 heterocycles. The van der Waals surface area contributed by atoms with Crippen molar-refractivity contribution >= 4 is 28.2 Å². The largest absolute Gasteiger partial charge is 0.508 e. The van der Waals surface area contributed by atoms with E-state index in [0.717, 1.165) is 16.5 Å². The first-order valence-corrected chi connectivity index (χ1v) is 10.4. The van der Waals surface area contributed by atoms with E-state index in [1.165, 1.54) is 18.2 Å². The van der Waals surface area contributed by atoms with Crippen LogP contribution in [0.1, 0.15) is 38.2 Å². The Morgan fingerprint density at radius 2 is 1.72 bits per heavy atom. The first-order chi connectivity index (χ1) is 15.1. The van der Waals surface area contributed by atoms with E-state index in [4.69, 9.17) is 11.6 Å². The maximum absolute atomic E-state index is 14.3. The van der Waals surface area contributed by atoms with Gasteiger partial charge >= 0.3 is 0 Å². The first-order valence-electron chi connectivity index (χ1n) is 10.0. The molecule has 4 aromatic rings. The van der Waals surface area contributed by atoms with Gasteiger partial charge in [0.1, 0.15) is 17.2 Å². The summed E-state index contributed by atoms with van der Waals surface area (Å²) in [6.07, 6.45) is 4.84. The molecule has 3 N–H and O–H groups in total. The maximum Gasteiger partial charge on any atom is 0.159 e. The van der Waals surface area contributed by atoms with Crippen LogP contribution in [0.4, 0.5) is 10.1 Å². The number of nitrogens with zero attached hydrogens (tertiary/aromatic N) is 3. The molecule has 0 fully saturated rings. The van der Waals surface area contributed by atoms with Gasteiger partial charge in [0.25, 0.3) is 0 Å². The van der Waals surface area contributed by atoms with E-state index in [9.17, 15) is 14.6 Å². The number of rotatable bonds is 5. The topological polar surface area (TPSA) is 91.2 Å². The molecule has 2 aromatic carbocycles. The summed E-state index contributed by atoms with van der Waals surface area (Å²) in [7, 11) is 0. The Balaban J connectivity index is 1.75. The third-order valence-corrected chi connectivity index (χ3v) is 5.45. The second kappa shape index (κ2) is 8.33. The highest BCUT2D eigenvalue weighted by Crippen LogP contribution is 2.35. The number of aromatic nitrogens is 3. The molecule has 164 valence electrons. The van der Waals surface area contributed by atoms with Crippen molar-refractivity contribution in [2.45, 2.75) is 32.4 Å². The summed E-state index contributed by atoms with van der Waals surface area (Å²) in [4.78, 5) is 12.9. The molecule has 32 heavy (non-hydrogen) atoms. The second-order valence-electron chi connectivity index (χ2n) is 8.14. The molecule has 0 radical (unpaired) electrons. The quantitative estimate of drug-likeness (QED) is 0.365. The molecular formula is C24H22ClFN4O2. The monoisotopic (exact) mass is 452 g/mol. The summed E-state index contributed by atoms with van der Waals surface area (Å²) in [5.41, 5.74) is 2.09. The second-order valence-corrected chi connectivity index (χ2v) is 8.55. The van der Waals surface area contributed by atoms with Crippen LogP contribution in [0, 0.1) is 5.82 Å². The molecule has 0 unspecified atom stereocenters. The van der Waals surface area contributed by atoms with E-state index in [1.54, 1.807) is 39.4 Å². The van der Waals surface area contributed by atoms with E-state index in [1.807, 2.05) is 18.2 Å². The van der Waals surface area contributed by atoms with Crippen LogP contribution < -0.4 is 5.32 Å². The van der Waals surface area contributed by atoms with Crippen molar-refractivity contribution in [2.75, 3.05) is 5.32 Å². The molecule has 8 heteroatoms. The van der Waals surface area contributed by atoms with Crippen molar-refractivity contribution in [2.24, 2.45) is 0 Å². The third-order valence-electron chi connectivity index (χ3n) is 5.16. The van der Waals surface area contributed by atoms with Crippen LogP contribution in [0.25, 0.3) is 22.0 Å². The highest BCUT2D eigenvalue weighted by Gasteiger charge is 2.20. The van der Waals surface area contributed by atoms with Gasteiger partial charge in [-0.2, -0.15) is 0 Å². The zero-order valence-electron chi connectivity index (χ0n) is 17.8. The summed E-state index contributed by atoms with van der Waals surface area (Å²) < 4.78 is 14.3. The summed E-state index contributed by atoms with van der Waals surface area (Å²) in [5, 5.41) is 24.2. The van der Waals surface area contributed by atoms with E-state index < -0.39 is 17.5 Å². The van der Waals surface area contributed by atoms with Crippen LogP contribution in [-0.4, -0.2) is 25.2 Å². The van der Waals surface area contributed by atoms with Gasteiger partial charge in [-0.15, -0.1) is 0 Å². The Hall–Kier alpha value is -3.29. The number of hydrogen-bond donors (Lipinski definition) is 3. The molecule has 0 saturated heterocycles. The maximum atomic E-state index is 14.3. The normalized spacial score (nSPS) is 12.7. The molecule has 2 aromatic heterocycles. The Kier molecular flexibility index (Phi) is 5.71. The molecule has 0 saturated carbocycles. The standard InChI is InChI=1S/C24H22ClFN4O2/c1-13(17-9-16(31)5-6-20(17)26)30-22-18-8-14(4-7-21(18)27-12-19(22)25)15-10-28-23(29-11-15)24(2,3)32/h4-13,31-32H,1-3H3,(H,27,30)/t13-/m1/s1. The Morgan fingerprint density at radius 3 is 2.41 bits per heavy atom. The molecule has 0 aliphatic carbocycles. The van der Waals surface area contributed by atoms with Gasteiger partial charge in [-0.1, -0.05) is 17.7 Å². The lowest BCUT2D eigenvalue weighted by Gasteiger charge is -2.19. The predicted octanol–water partition coefficient (Wildman–Crippen LogP) is 5.59. The fourth-order valence-electron chi connectivity index (χ4n) is 3.44. The molecule has 4 rings (SSSR count). The predicted molar refractivity (Wildman–Crippen MR) is 123 cm³/mol. The molecule has 0 aliphatic rings. The minimum absolute atomic E-state index is 0.0162. The van der Waals surface area contributed by atoms with Crippen molar-refractivity contribution < 1.29 is 14.6 Å². The van der Waals surface area contributed by atoms with Crippen LogP contribution in [0.2, 0.25) is 5.02 Å². The summed E-state index contributed by atoms with van der Waals surface area (Å²) in [6, 6.07) is 9.11. The molecule has 0 amide bonds. The average Bonchev–Trinajstić information content (AvgIpc) is 2.76. The number of nitrogens with one attached hydrogen (secondary N) is 1. The van der Waals surface area contributed by atoms with E-state index in [0.29, 0.717) is 27.6 Å². The number of phenols is 1. The zero-order chi connectivity index (χ0) is 23.0. The van der Waals surface area contributed by atoms with Crippen molar-refractivity contribution in [3.05, 3.63) is 77.2 Å². The lowest BCUT2D eigenvalue weighted by Crippen LogP contribution is -2.19. The number of hydrogen-bond acceptors (Lipinski definition) is 6. The van der Waals surface area contributed by atoms with E-state index in [2.05, 4.69) is 20.3 Å². The minimum atomic E-state index is -1.13. The lowest BCUT2D eigenvalue weighted by atomic mass is 10.0. The highest BCUT2D eigenvalue weighted by atomic mass is 35.5. The summed E-state index contributed by atoms with van der Waals surface area (Å²) >= 11 is 6.45.